The lowest BCUT2D eigenvalue weighted by molar-refractivity contribution is -0.141. The Hall–Kier alpha value is -1.51. The van der Waals surface area contributed by atoms with E-state index >= 15 is 0 Å². The summed E-state index contributed by atoms with van der Waals surface area (Å²) in [7, 11) is 0. The third-order valence-corrected chi connectivity index (χ3v) is 2.49. The first-order valence-electron chi connectivity index (χ1n) is 5.08. The molecule has 0 aromatic heterocycles. The Morgan fingerprint density at radius 2 is 2.13 bits per heavy atom. The molecule has 0 saturated carbocycles. The average molecular weight is 208 g/mol. The standard InChI is InChI=1S/C12H16O3/c1-3-10-7-9(4-5-11(10)13)6-8(2)12(14)15/h4-5,7-8,13H,3,6H2,1-2H3,(H,14,15). The van der Waals surface area contributed by atoms with Crippen molar-refractivity contribution in [2.24, 2.45) is 5.92 Å². The fraction of sp³-hybridized carbons (Fsp3) is 0.417. The van der Waals surface area contributed by atoms with E-state index in [0.29, 0.717) is 6.42 Å². The van der Waals surface area contributed by atoms with Gasteiger partial charge >= 0.3 is 5.97 Å². The summed E-state index contributed by atoms with van der Waals surface area (Å²) < 4.78 is 0. The normalized spacial score (nSPS) is 12.4. The molecule has 2 N–H and O–H groups in total. The van der Waals surface area contributed by atoms with E-state index in [0.717, 1.165) is 17.5 Å². The van der Waals surface area contributed by atoms with Gasteiger partial charge < -0.3 is 10.2 Å². The third-order valence-electron chi connectivity index (χ3n) is 2.49. The second-order valence-electron chi connectivity index (χ2n) is 3.76. The Bertz CT molecular complexity index is 358. The minimum atomic E-state index is -0.791. The number of hydrogen-bond donors (Lipinski definition) is 2. The van der Waals surface area contributed by atoms with E-state index in [4.69, 9.17) is 5.11 Å². The van der Waals surface area contributed by atoms with Crippen LogP contribution in [0.2, 0.25) is 0 Å². The minimum Gasteiger partial charge on any atom is -0.508 e. The van der Waals surface area contributed by atoms with Crippen LogP contribution in [-0.2, 0) is 17.6 Å². The molecule has 1 unspecified atom stereocenters. The number of rotatable bonds is 4. The number of carboxylic acid groups (broad SMARTS) is 1. The molecule has 0 heterocycles. The van der Waals surface area contributed by atoms with Gasteiger partial charge in [-0.15, -0.1) is 0 Å². The molecule has 82 valence electrons. The molecule has 0 radical (unpaired) electrons. The maximum absolute atomic E-state index is 10.7. The molecule has 15 heavy (non-hydrogen) atoms. The number of benzene rings is 1. The van der Waals surface area contributed by atoms with Gasteiger partial charge in [-0.05, 0) is 30.0 Å². The van der Waals surface area contributed by atoms with Crippen molar-refractivity contribution in [2.45, 2.75) is 26.7 Å². The third kappa shape index (κ3) is 2.98. The molecule has 0 bridgehead atoms. The van der Waals surface area contributed by atoms with Crippen molar-refractivity contribution in [3.05, 3.63) is 29.3 Å². The predicted octanol–water partition coefficient (Wildman–Crippen LogP) is 2.22. The first-order chi connectivity index (χ1) is 7.04. The van der Waals surface area contributed by atoms with Gasteiger partial charge in [0.2, 0.25) is 0 Å². The predicted molar refractivity (Wildman–Crippen MR) is 58.0 cm³/mol. The molecule has 0 saturated heterocycles. The lowest BCUT2D eigenvalue weighted by Crippen LogP contribution is -2.12. The molecule has 3 heteroatoms. The molecule has 1 atom stereocenters. The van der Waals surface area contributed by atoms with E-state index in [-0.39, 0.29) is 11.7 Å². The van der Waals surface area contributed by atoms with Crippen molar-refractivity contribution in [3.8, 4) is 5.75 Å². The summed E-state index contributed by atoms with van der Waals surface area (Å²) >= 11 is 0. The zero-order valence-corrected chi connectivity index (χ0v) is 9.03. The minimum absolute atomic E-state index is 0.282. The van der Waals surface area contributed by atoms with Crippen molar-refractivity contribution in [3.63, 3.8) is 0 Å². The smallest absolute Gasteiger partial charge is 0.306 e. The van der Waals surface area contributed by atoms with Crippen LogP contribution >= 0.6 is 0 Å². The zero-order valence-electron chi connectivity index (χ0n) is 9.03. The molecule has 0 fully saturated rings. The number of hydrogen-bond acceptors (Lipinski definition) is 2. The molecule has 1 aromatic carbocycles. The van der Waals surface area contributed by atoms with E-state index in [1.165, 1.54) is 0 Å². The molecule has 0 aliphatic heterocycles. The summed E-state index contributed by atoms with van der Waals surface area (Å²) in [5, 5.41) is 18.2. The van der Waals surface area contributed by atoms with Gasteiger partial charge in [0.25, 0.3) is 0 Å². The first kappa shape index (κ1) is 11.6. The van der Waals surface area contributed by atoms with E-state index < -0.39 is 5.97 Å². The van der Waals surface area contributed by atoms with Crippen molar-refractivity contribution in [1.29, 1.82) is 0 Å². The van der Waals surface area contributed by atoms with Crippen molar-refractivity contribution in [2.75, 3.05) is 0 Å². The Balaban J connectivity index is 2.83. The van der Waals surface area contributed by atoms with Gasteiger partial charge in [0.1, 0.15) is 5.75 Å². The van der Waals surface area contributed by atoms with Crippen LogP contribution in [0.25, 0.3) is 0 Å². The molecule has 0 spiro atoms. The topological polar surface area (TPSA) is 57.5 Å². The van der Waals surface area contributed by atoms with Crippen LogP contribution in [0.1, 0.15) is 25.0 Å². The maximum Gasteiger partial charge on any atom is 0.306 e. The van der Waals surface area contributed by atoms with Gasteiger partial charge in [-0.25, -0.2) is 0 Å². The van der Waals surface area contributed by atoms with Gasteiger partial charge in [0.15, 0.2) is 0 Å². The lowest BCUT2D eigenvalue weighted by Gasteiger charge is -2.08. The summed E-state index contributed by atoms with van der Waals surface area (Å²) in [6.45, 7) is 3.64. The van der Waals surface area contributed by atoms with Gasteiger partial charge in [-0.3, -0.25) is 4.79 Å². The fourth-order valence-corrected chi connectivity index (χ4v) is 1.49. The quantitative estimate of drug-likeness (QED) is 0.797. The van der Waals surface area contributed by atoms with Gasteiger partial charge in [0, 0.05) is 0 Å². The highest BCUT2D eigenvalue weighted by molar-refractivity contribution is 5.69. The van der Waals surface area contributed by atoms with E-state index in [9.17, 15) is 9.90 Å². The summed E-state index contributed by atoms with van der Waals surface area (Å²) in [6.07, 6.45) is 1.25. The Morgan fingerprint density at radius 1 is 1.47 bits per heavy atom. The SMILES string of the molecule is CCc1cc(CC(C)C(=O)O)ccc1O. The number of phenolic OH excluding ortho intramolecular Hbond substituents is 1. The summed E-state index contributed by atoms with van der Waals surface area (Å²) in [5.41, 5.74) is 1.82. The van der Waals surface area contributed by atoms with Crippen LogP contribution in [-0.4, -0.2) is 16.2 Å². The Labute approximate surface area is 89.4 Å². The lowest BCUT2D eigenvalue weighted by atomic mass is 9.98. The second kappa shape index (κ2) is 4.82. The van der Waals surface area contributed by atoms with Crippen LogP contribution in [0.15, 0.2) is 18.2 Å². The van der Waals surface area contributed by atoms with E-state index in [1.54, 1.807) is 19.1 Å². The Morgan fingerprint density at radius 3 is 2.67 bits per heavy atom. The van der Waals surface area contributed by atoms with Crippen LogP contribution in [0, 0.1) is 5.92 Å². The van der Waals surface area contributed by atoms with Crippen LogP contribution in [0.5, 0.6) is 5.75 Å². The van der Waals surface area contributed by atoms with E-state index in [1.807, 2.05) is 13.0 Å². The summed E-state index contributed by atoms with van der Waals surface area (Å²) in [5.74, 6) is -0.899. The van der Waals surface area contributed by atoms with Crippen molar-refractivity contribution < 1.29 is 15.0 Å². The van der Waals surface area contributed by atoms with Crippen LogP contribution in [0.3, 0.4) is 0 Å². The summed E-state index contributed by atoms with van der Waals surface area (Å²) in [4.78, 5) is 10.7. The molecule has 3 nitrogen and oxygen atoms in total. The monoisotopic (exact) mass is 208 g/mol. The first-order valence-corrected chi connectivity index (χ1v) is 5.08. The van der Waals surface area contributed by atoms with Crippen molar-refractivity contribution >= 4 is 5.97 Å². The van der Waals surface area contributed by atoms with Gasteiger partial charge in [-0.1, -0.05) is 26.0 Å². The molecule has 0 amide bonds. The molecule has 0 aliphatic carbocycles. The van der Waals surface area contributed by atoms with Crippen molar-refractivity contribution in [1.82, 2.24) is 0 Å². The number of phenols is 1. The zero-order chi connectivity index (χ0) is 11.4. The largest absolute Gasteiger partial charge is 0.508 e. The molecular formula is C12H16O3. The highest BCUT2D eigenvalue weighted by Gasteiger charge is 2.12. The summed E-state index contributed by atoms with van der Waals surface area (Å²) in [6, 6.07) is 5.27. The number of aliphatic carboxylic acids is 1. The van der Waals surface area contributed by atoms with E-state index in [2.05, 4.69) is 0 Å². The highest BCUT2D eigenvalue weighted by atomic mass is 16.4. The number of aryl methyl sites for hydroxylation is 1. The Kier molecular flexibility index (Phi) is 3.72. The van der Waals surface area contributed by atoms with Crippen LogP contribution < -0.4 is 0 Å². The number of carboxylic acids is 1. The maximum atomic E-state index is 10.7. The number of aromatic hydroxyl groups is 1. The molecule has 0 aliphatic rings. The second-order valence-corrected chi connectivity index (χ2v) is 3.76. The average Bonchev–Trinajstić information content (AvgIpc) is 2.20. The van der Waals surface area contributed by atoms with Gasteiger partial charge in [0.05, 0.1) is 5.92 Å². The fourth-order valence-electron chi connectivity index (χ4n) is 1.49. The van der Waals surface area contributed by atoms with Gasteiger partial charge in [-0.2, -0.15) is 0 Å². The molecular weight excluding hydrogens is 192 g/mol. The molecule has 1 aromatic rings. The highest BCUT2D eigenvalue weighted by Crippen LogP contribution is 2.20. The number of carbonyl (C=O) groups is 1. The molecule has 1 rings (SSSR count). The van der Waals surface area contributed by atoms with Crippen LogP contribution in [0.4, 0.5) is 0 Å².